The van der Waals surface area contributed by atoms with Gasteiger partial charge in [0.2, 0.25) is 0 Å². The summed E-state index contributed by atoms with van der Waals surface area (Å²) >= 11 is 1.38. The van der Waals surface area contributed by atoms with Crippen molar-refractivity contribution in [3.8, 4) is 0 Å². The van der Waals surface area contributed by atoms with Gasteiger partial charge in [0.05, 0.1) is 25.4 Å². The third kappa shape index (κ3) is 3.95. The minimum atomic E-state index is -0.0258. The summed E-state index contributed by atoms with van der Waals surface area (Å²) in [6, 6.07) is 0. The third-order valence-corrected chi connectivity index (χ3v) is 1.60. The van der Waals surface area contributed by atoms with E-state index in [0.29, 0.717) is 0 Å². The molecular formula is C6H12CrO4. The molecule has 0 aromatic heterocycles. The zero-order valence-electron chi connectivity index (χ0n) is 6.10. The molecule has 0 aromatic rings. The van der Waals surface area contributed by atoms with E-state index in [1.165, 1.54) is 16.2 Å². The Morgan fingerprint density at radius 1 is 1.18 bits per heavy atom. The van der Waals surface area contributed by atoms with Crippen LogP contribution in [0.5, 0.6) is 0 Å². The maximum atomic E-state index is 8.57. The number of hydrogen-bond acceptors (Lipinski definition) is 4. The van der Waals surface area contributed by atoms with Gasteiger partial charge in [-0.25, -0.2) is 0 Å². The van der Waals surface area contributed by atoms with Crippen molar-refractivity contribution in [2.45, 2.75) is 25.0 Å². The van der Waals surface area contributed by atoms with Crippen molar-refractivity contribution in [2.75, 3.05) is 13.2 Å². The molecule has 1 heterocycles. The number of aliphatic hydroxyl groups excluding tert-OH is 2. The van der Waals surface area contributed by atoms with E-state index in [4.69, 9.17) is 18.8 Å². The molecule has 0 amide bonds. The first kappa shape index (κ1) is 11.2. The van der Waals surface area contributed by atoms with Crippen molar-refractivity contribution in [1.29, 1.82) is 0 Å². The van der Waals surface area contributed by atoms with E-state index in [1.54, 1.807) is 0 Å². The summed E-state index contributed by atoms with van der Waals surface area (Å²) in [5.41, 5.74) is 0. The molecule has 1 saturated heterocycles. The molecule has 2 N–H and O–H groups in total. The van der Waals surface area contributed by atoms with Gasteiger partial charge in [0.15, 0.2) is 0 Å². The van der Waals surface area contributed by atoms with Crippen LogP contribution in [0.3, 0.4) is 0 Å². The normalized spacial score (nSPS) is 29.3. The summed E-state index contributed by atoms with van der Waals surface area (Å²) < 4.78 is 13.3. The van der Waals surface area contributed by atoms with Gasteiger partial charge in [0.1, 0.15) is 0 Å². The molecule has 2 unspecified atom stereocenters. The predicted molar refractivity (Wildman–Crippen MR) is 32.8 cm³/mol. The van der Waals surface area contributed by atoms with Crippen molar-refractivity contribution in [3.05, 3.63) is 0 Å². The van der Waals surface area contributed by atoms with Crippen molar-refractivity contribution in [3.63, 3.8) is 0 Å². The van der Waals surface area contributed by atoms with Crippen LogP contribution in [-0.2, 0) is 24.8 Å². The maximum absolute atomic E-state index is 8.57. The Morgan fingerprint density at radius 2 is 1.55 bits per heavy atom. The Morgan fingerprint density at radius 3 is 1.73 bits per heavy atom. The second-order valence-corrected chi connectivity index (χ2v) is 2.32. The second-order valence-electron chi connectivity index (χ2n) is 2.32. The predicted octanol–water partition coefficient (Wildman–Crippen LogP) is -0.603. The average molecular weight is 200 g/mol. The summed E-state index contributed by atoms with van der Waals surface area (Å²) in [6.45, 7) is 0.160. The zero-order valence-corrected chi connectivity index (χ0v) is 7.38. The third-order valence-electron chi connectivity index (χ3n) is 1.60. The standard InChI is InChI=1S/C6H12O3.Cr.O/c7-3-5-1-2-6(4-8)9-5;;/h5-8H,1-4H2;;. The molecule has 1 rings (SSSR count). The Labute approximate surface area is 73.8 Å². The molecule has 1 fully saturated rings. The molecule has 0 radical (unpaired) electrons. The molecule has 66 valence electrons. The zero-order chi connectivity index (χ0) is 8.69. The van der Waals surface area contributed by atoms with E-state index in [1.807, 2.05) is 0 Å². The Kier molecular flexibility index (Phi) is 7.03. The summed E-state index contributed by atoms with van der Waals surface area (Å²) in [5.74, 6) is 0. The fraction of sp³-hybridized carbons (Fsp3) is 1.00. The number of rotatable bonds is 2. The van der Waals surface area contributed by atoms with Gasteiger partial charge in [-0.15, -0.1) is 0 Å². The molecule has 0 aromatic carbocycles. The first-order valence-corrected chi connectivity index (χ1v) is 3.92. The van der Waals surface area contributed by atoms with Gasteiger partial charge in [0.25, 0.3) is 0 Å². The molecule has 4 nitrogen and oxygen atoms in total. The Hall–Kier alpha value is 0.212. The van der Waals surface area contributed by atoms with Gasteiger partial charge in [-0.2, -0.15) is 0 Å². The minimum absolute atomic E-state index is 0.0258. The van der Waals surface area contributed by atoms with Crippen molar-refractivity contribution >= 4 is 0 Å². The van der Waals surface area contributed by atoms with Crippen molar-refractivity contribution in [2.24, 2.45) is 0 Å². The fourth-order valence-electron chi connectivity index (χ4n) is 1.05. The van der Waals surface area contributed by atoms with Crippen LogP contribution >= 0.6 is 0 Å². The molecule has 2 atom stereocenters. The first-order chi connectivity index (χ1) is 5.36. The van der Waals surface area contributed by atoms with Crippen LogP contribution < -0.4 is 0 Å². The first-order valence-electron chi connectivity index (χ1n) is 3.40. The summed E-state index contributed by atoms with van der Waals surface area (Å²) in [5, 5.41) is 17.1. The van der Waals surface area contributed by atoms with Crippen LogP contribution in [0.25, 0.3) is 0 Å². The summed E-state index contributed by atoms with van der Waals surface area (Å²) in [4.78, 5) is 0. The molecule has 0 bridgehead atoms. The molecule has 1 aliphatic heterocycles. The summed E-state index contributed by atoms with van der Waals surface area (Å²) in [6.07, 6.45) is 1.70. The van der Waals surface area contributed by atoms with Gasteiger partial charge in [-0.05, 0) is 12.8 Å². The fourth-order valence-corrected chi connectivity index (χ4v) is 1.05. The van der Waals surface area contributed by atoms with Crippen LogP contribution in [0.15, 0.2) is 0 Å². The van der Waals surface area contributed by atoms with E-state index < -0.39 is 0 Å². The number of aliphatic hydroxyl groups is 2. The molecule has 0 saturated carbocycles. The molecular weight excluding hydrogens is 188 g/mol. The van der Waals surface area contributed by atoms with Crippen LogP contribution in [0.2, 0.25) is 0 Å². The van der Waals surface area contributed by atoms with Crippen LogP contribution in [-0.4, -0.2) is 35.6 Å². The SMILES string of the molecule is OCC1CCC(CO)O1.[O]=[Cr]. The molecule has 0 spiro atoms. The van der Waals surface area contributed by atoms with E-state index in [2.05, 4.69) is 0 Å². The van der Waals surface area contributed by atoms with Crippen LogP contribution in [0.4, 0.5) is 0 Å². The van der Waals surface area contributed by atoms with Gasteiger partial charge in [-0.1, -0.05) is 0 Å². The Bertz CT molecular complexity index is 90.6. The topological polar surface area (TPSA) is 66.8 Å². The van der Waals surface area contributed by atoms with Gasteiger partial charge in [-0.3, -0.25) is 0 Å². The van der Waals surface area contributed by atoms with Crippen LogP contribution in [0, 0.1) is 0 Å². The quantitative estimate of drug-likeness (QED) is 0.624. The number of ether oxygens (including phenoxy) is 1. The van der Waals surface area contributed by atoms with Crippen molar-refractivity contribution < 1.29 is 35.0 Å². The second kappa shape index (κ2) is 6.89. The van der Waals surface area contributed by atoms with Crippen molar-refractivity contribution in [1.82, 2.24) is 0 Å². The van der Waals surface area contributed by atoms with E-state index in [9.17, 15) is 0 Å². The van der Waals surface area contributed by atoms with Gasteiger partial charge in [0, 0.05) is 0 Å². The monoisotopic (exact) mass is 200 g/mol. The van der Waals surface area contributed by atoms with E-state index in [0.717, 1.165) is 12.8 Å². The summed E-state index contributed by atoms with van der Waals surface area (Å²) in [7, 11) is 0. The van der Waals surface area contributed by atoms with Gasteiger partial charge < -0.3 is 14.9 Å². The molecule has 0 aliphatic carbocycles. The van der Waals surface area contributed by atoms with E-state index in [-0.39, 0.29) is 25.4 Å². The average Bonchev–Trinajstić information content (AvgIpc) is 2.55. The molecule has 11 heavy (non-hydrogen) atoms. The van der Waals surface area contributed by atoms with Gasteiger partial charge >= 0.3 is 20.0 Å². The molecule has 5 heteroatoms. The Balaban J connectivity index is 0.000000461. The molecule has 1 aliphatic rings. The van der Waals surface area contributed by atoms with E-state index >= 15 is 0 Å². The van der Waals surface area contributed by atoms with Crippen LogP contribution in [0.1, 0.15) is 12.8 Å². The number of hydrogen-bond donors (Lipinski definition) is 2.